The largest absolute Gasteiger partial charge is 0.500 e. The number of nitrogens with zero attached hydrogens (tertiary/aromatic N) is 1. The molecular weight excluding hydrogens is 551 g/mol. The van der Waals surface area contributed by atoms with Gasteiger partial charge in [-0.05, 0) is 51.6 Å². The molecule has 0 fully saturated rings. The molecule has 42 heavy (non-hydrogen) atoms. The Morgan fingerprint density at radius 1 is 0.810 bits per heavy atom. The summed E-state index contributed by atoms with van der Waals surface area (Å²) in [6.45, 7) is 1.71. The summed E-state index contributed by atoms with van der Waals surface area (Å²) < 4.78 is 22.0. The molecule has 4 aromatic rings. The highest BCUT2D eigenvalue weighted by Gasteiger charge is 2.36. The molecule has 0 unspecified atom stereocenters. The third kappa shape index (κ3) is 7.37. The molecule has 0 aliphatic rings. The van der Waals surface area contributed by atoms with Crippen LogP contribution in [0.2, 0.25) is 6.04 Å². The molecule has 3 N–H and O–H groups in total. The van der Waals surface area contributed by atoms with Crippen LogP contribution in [0.15, 0.2) is 72.8 Å². The van der Waals surface area contributed by atoms with Crippen LogP contribution in [0, 0.1) is 0 Å². The fraction of sp³-hybridized carbons (Fsp3) is 0.323. The predicted molar refractivity (Wildman–Crippen MR) is 167 cm³/mol. The van der Waals surface area contributed by atoms with Gasteiger partial charge in [0.05, 0.1) is 0 Å². The Morgan fingerprint density at radius 3 is 1.88 bits per heavy atom. The van der Waals surface area contributed by atoms with Gasteiger partial charge in [0.2, 0.25) is 0 Å². The van der Waals surface area contributed by atoms with E-state index in [4.69, 9.17) is 18.0 Å². The molecule has 0 bridgehead atoms. The second-order valence-electron chi connectivity index (χ2n) is 10.2. The predicted octanol–water partition coefficient (Wildman–Crippen LogP) is 3.80. The van der Waals surface area contributed by atoms with Crippen molar-refractivity contribution in [1.82, 2.24) is 10.2 Å². The molecule has 4 rings (SSSR count). The van der Waals surface area contributed by atoms with E-state index in [0.29, 0.717) is 37.6 Å². The number of fused-ring (bicyclic) bond motifs is 2. The molecule has 222 valence electrons. The van der Waals surface area contributed by atoms with Crippen LogP contribution in [-0.2, 0) is 37.7 Å². The van der Waals surface area contributed by atoms with Crippen molar-refractivity contribution >= 4 is 49.0 Å². The number of alkyl carbamates (subject to hydrolysis) is 1. The lowest BCUT2D eigenvalue weighted by atomic mass is 9.77. The van der Waals surface area contributed by atoms with Gasteiger partial charge < -0.3 is 33.4 Å². The van der Waals surface area contributed by atoms with E-state index in [0.717, 1.165) is 38.2 Å². The van der Waals surface area contributed by atoms with Gasteiger partial charge in [0.15, 0.2) is 0 Å². The highest BCUT2D eigenvalue weighted by atomic mass is 28.4. The lowest BCUT2D eigenvalue weighted by Crippen LogP contribution is -2.43. The number of carbonyl (C=O) groups excluding carboxylic acids is 1. The lowest BCUT2D eigenvalue weighted by molar-refractivity contribution is 0.122. The average molecular weight is 591 g/mol. The van der Waals surface area contributed by atoms with Gasteiger partial charge in [0.25, 0.3) is 0 Å². The topological polar surface area (TPSA) is 110 Å². The lowest BCUT2D eigenvalue weighted by Gasteiger charge is -2.24. The summed E-state index contributed by atoms with van der Waals surface area (Å²) in [7, 11) is 2.52. The van der Waals surface area contributed by atoms with Crippen LogP contribution < -0.4 is 10.8 Å². The zero-order valence-corrected chi connectivity index (χ0v) is 25.6. The Balaban J connectivity index is 1.53. The van der Waals surface area contributed by atoms with Crippen LogP contribution in [-0.4, -0.2) is 71.9 Å². The van der Waals surface area contributed by atoms with E-state index in [2.05, 4.69) is 34.5 Å². The molecular formula is C31H39BN2O7Si. The van der Waals surface area contributed by atoms with E-state index in [1.807, 2.05) is 43.4 Å². The number of benzene rings is 4. The van der Waals surface area contributed by atoms with Gasteiger partial charge in [-0.2, -0.15) is 0 Å². The van der Waals surface area contributed by atoms with E-state index < -0.39 is 22.0 Å². The molecule has 0 aliphatic heterocycles. The molecule has 0 saturated carbocycles. The normalized spacial score (nSPS) is 11.8. The second kappa shape index (κ2) is 14.7. The number of amides is 1. The van der Waals surface area contributed by atoms with Gasteiger partial charge >= 0.3 is 22.0 Å². The van der Waals surface area contributed by atoms with Crippen molar-refractivity contribution < 1.29 is 32.9 Å². The number of rotatable bonds is 14. The maximum absolute atomic E-state index is 12.6. The maximum atomic E-state index is 12.6. The van der Waals surface area contributed by atoms with Gasteiger partial charge in [-0.1, -0.05) is 72.8 Å². The third-order valence-electron chi connectivity index (χ3n) is 7.57. The summed E-state index contributed by atoms with van der Waals surface area (Å²) in [4.78, 5) is 14.8. The summed E-state index contributed by atoms with van der Waals surface area (Å²) >= 11 is 0. The fourth-order valence-electron chi connectivity index (χ4n) is 5.42. The molecule has 0 radical (unpaired) electrons. The van der Waals surface area contributed by atoms with Crippen LogP contribution >= 0.6 is 0 Å². The Morgan fingerprint density at radius 2 is 1.33 bits per heavy atom. The van der Waals surface area contributed by atoms with Crippen LogP contribution in [0.3, 0.4) is 0 Å². The SMILES string of the molecule is CO[Si](CCCNC(=O)OCc1c2ccccc2c(CN(C)Cc2ccccc2B(O)O)c2ccccc12)(OC)OC. The third-order valence-corrected chi connectivity index (χ3v) is 10.4. The average Bonchev–Trinajstić information content (AvgIpc) is 3.01. The minimum atomic E-state index is -2.69. The van der Waals surface area contributed by atoms with Crippen molar-refractivity contribution in [2.45, 2.75) is 32.2 Å². The molecule has 0 aliphatic carbocycles. The molecule has 0 aromatic heterocycles. The Bertz CT molecular complexity index is 1430. The van der Waals surface area contributed by atoms with Gasteiger partial charge in [-0.3, -0.25) is 4.90 Å². The molecule has 4 aromatic carbocycles. The Kier molecular flexibility index (Phi) is 11.1. The van der Waals surface area contributed by atoms with Gasteiger partial charge in [0.1, 0.15) is 6.61 Å². The maximum Gasteiger partial charge on any atom is 0.500 e. The van der Waals surface area contributed by atoms with Crippen molar-refractivity contribution in [3.8, 4) is 0 Å². The van der Waals surface area contributed by atoms with Crippen LogP contribution in [0.25, 0.3) is 21.5 Å². The molecule has 0 heterocycles. The first-order valence-electron chi connectivity index (χ1n) is 13.9. The quantitative estimate of drug-likeness (QED) is 0.116. The smallest absolute Gasteiger partial charge is 0.445 e. The van der Waals surface area contributed by atoms with E-state index in [-0.39, 0.29) is 6.61 Å². The zero-order valence-electron chi connectivity index (χ0n) is 24.6. The Labute approximate surface area is 248 Å². The van der Waals surface area contributed by atoms with E-state index in [9.17, 15) is 14.8 Å². The van der Waals surface area contributed by atoms with Gasteiger partial charge in [-0.15, -0.1) is 0 Å². The number of hydrogen-bond acceptors (Lipinski definition) is 8. The summed E-state index contributed by atoms with van der Waals surface area (Å²) in [5.41, 5.74) is 3.46. The summed E-state index contributed by atoms with van der Waals surface area (Å²) in [5, 5.41) is 26.7. The monoisotopic (exact) mass is 590 g/mol. The Hall–Kier alpha value is -3.29. The van der Waals surface area contributed by atoms with Crippen molar-refractivity contribution in [2.24, 2.45) is 0 Å². The second-order valence-corrected chi connectivity index (χ2v) is 13.3. The molecule has 1 amide bonds. The van der Waals surface area contributed by atoms with E-state index >= 15 is 0 Å². The van der Waals surface area contributed by atoms with E-state index in [1.165, 1.54) is 0 Å². The standard InChI is InChI=1S/C31H39BN2O7Si/c1-34(20-23-12-5-10-17-30(23)32(36)37)21-28-24-13-6-8-15-26(24)29(27-16-9-7-14-25(27)28)22-41-31(35)33-18-11-19-42(38-2,39-3)40-4/h5-10,12-17,36-37H,11,18-22H2,1-4H3,(H,33,35). The van der Waals surface area contributed by atoms with Crippen molar-refractivity contribution in [1.29, 1.82) is 0 Å². The number of nitrogens with one attached hydrogen (secondary N) is 1. The first kappa shape index (κ1) is 31.6. The molecule has 0 spiro atoms. The molecule has 0 saturated heterocycles. The van der Waals surface area contributed by atoms with Crippen molar-refractivity contribution in [3.63, 3.8) is 0 Å². The van der Waals surface area contributed by atoms with Gasteiger partial charge in [0, 0.05) is 52.6 Å². The highest BCUT2D eigenvalue weighted by Crippen LogP contribution is 2.34. The first-order valence-corrected chi connectivity index (χ1v) is 15.9. The zero-order chi connectivity index (χ0) is 30.1. The number of ether oxygens (including phenoxy) is 1. The summed E-state index contributed by atoms with van der Waals surface area (Å²) in [5.74, 6) is 0. The minimum Gasteiger partial charge on any atom is -0.445 e. The molecule has 0 atom stereocenters. The number of hydrogen-bond donors (Lipinski definition) is 3. The number of carbonyl (C=O) groups is 1. The first-order chi connectivity index (χ1) is 20.3. The van der Waals surface area contributed by atoms with Gasteiger partial charge in [-0.25, -0.2) is 4.79 Å². The minimum absolute atomic E-state index is 0.123. The summed E-state index contributed by atoms with van der Waals surface area (Å²) in [6.07, 6.45) is 0.142. The van der Waals surface area contributed by atoms with Crippen LogP contribution in [0.4, 0.5) is 4.79 Å². The fourth-order valence-corrected chi connectivity index (χ4v) is 7.14. The van der Waals surface area contributed by atoms with Crippen LogP contribution in [0.5, 0.6) is 0 Å². The van der Waals surface area contributed by atoms with E-state index in [1.54, 1.807) is 33.5 Å². The molecule has 9 nitrogen and oxygen atoms in total. The summed E-state index contributed by atoms with van der Waals surface area (Å²) in [6, 6.07) is 24.2. The van der Waals surface area contributed by atoms with Crippen LogP contribution in [0.1, 0.15) is 23.1 Å². The molecule has 11 heteroatoms. The van der Waals surface area contributed by atoms with Crippen molar-refractivity contribution in [3.05, 3.63) is 89.5 Å². The van der Waals surface area contributed by atoms with Crippen molar-refractivity contribution in [2.75, 3.05) is 34.9 Å². The highest BCUT2D eigenvalue weighted by molar-refractivity contribution is 6.60.